The zero-order valence-corrected chi connectivity index (χ0v) is 18.9. The fraction of sp³-hybridized carbons (Fsp3) is 0.947. The molecule has 0 aromatic rings. The number of amides is 1. The first-order valence-corrected chi connectivity index (χ1v) is 10.8. The van der Waals surface area contributed by atoms with Crippen molar-refractivity contribution in [2.45, 2.75) is 84.5 Å². The monoisotopic (exact) mass is 373 g/mol. The minimum absolute atomic E-state index is 0.135. The highest BCUT2D eigenvalue weighted by Gasteiger charge is 2.41. The third kappa shape index (κ3) is 7.67. The minimum Gasteiger partial charge on any atom is -0.444 e. The van der Waals surface area contributed by atoms with Gasteiger partial charge < -0.3 is 19.2 Å². The van der Waals surface area contributed by atoms with Gasteiger partial charge in [0.1, 0.15) is 5.60 Å². The third-order valence-corrected chi connectivity index (χ3v) is 6.41. The summed E-state index contributed by atoms with van der Waals surface area (Å²) < 4.78 is 11.9. The molecular weight excluding hydrogens is 334 g/mol. The maximum absolute atomic E-state index is 12.4. The summed E-state index contributed by atoms with van der Waals surface area (Å²) in [5, 5.41) is 9.76. The van der Waals surface area contributed by atoms with Crippen molar-refractivity contribution < 1.29 is 19.1 Å². The van der Waals surface area contributed by atoms with Crippen LogP contribution >= 0.6 is 0 Å². The van der Waals surface area contributed by atoms with Crippen LogP contribution in [-0.2, 0) is 9.16 Å². The highest BCUT2D eigenvalue weighted by molar-refractivity contribution is 6.31. The predicted octanol–water partition coefficient (Wildman–Crippen LogP) is 3.34. The molecule has 2 atom stereocenters. The summed E-state index contributed by atoms with van der Waals surface area (Å²) in [5.74, 6) is 0.573. The van der Waals surface area contributed by atoms with E-state index in [2.05, 4.69) is 34.6 Å². The van der Waals surface area contributed by atoms with Crippen LogP contribution in [0.5, 0.6) is 0 Å². The number of aliphatic hydroxyl groups is 1. The molecule has 0 aliphatic carbocycles. The van der Waals surface area contributed by atoms with Gasteiger partial charge in [-0.25, -0.2) is 4.79 Å². The molecule has 0 bridgehead atoms. The Hall–Kier alpha value is -0.593. The van der Waals surface area contributed by atoms with Crippen LogP contribution in [0, 0.1) is 11.8 Å². The Balaban J connectivity index is 2.79. The van der Waals surface area contributed by atoms with Crippen LogP contribution < -0.4 is 0 Å². The number of carbonyl (C=O) groups excluding carboxylic acids is 1. The summed E-state index contributed by atoms with van der Waals surface area (Å²) in [5.41, 5.74) is -0.708. The van der Waals surface area contributed by atoms with Crippen molar-refractivity contribution in [3.05, 3.63) is 0 Å². The van der Waals surface area contributed by atoms with Gasteiger partial charge in [-0.2, -0.15) is 0 Å². The Morgan fingerprint density at radius 1 is 1.16 bits per heavy atom. The molecule has 25 heavy (non-hydrogen) atoms. The van der Waals surface area contributed by atoms with E-state index in [0.29, 0.717) is 25.4 Å². The average molecular weight is 374 g/mol. The smallest absolute Gasteiger partial charge is 0.410 e. The van der Waals surface area contributed by atoms with E-state index in [1.807, 2.05) is 20.8 Å². The number of rotatable bonds is 5. The molecule has 0 aromatic heterocycles. The molecule has 0 spiro atoms. The lowest BCUT2D eigenvalue weighted by molar-refractivity contribution is -0.0410. The largest absolute Gasteiger partial charge is 0.444 e. The van der Waals surface area contributed by atoms with Crippen molar-refractivity contribution in [3.63, 3.8) is 0 Å². The van der Waals surface area contributed by atoms with E-state index in [1.54, 1.807) is 4.90 Å². The molecule has 0 saturated carbocycles. The Labute approximate surface area is 156 Å². The van der Waals surface area contributed by atoms with Crippen molar-refractivity contribution in [2.75, 3.05) is 19.7 Å². The molecule has 1 N–H and O–H groups in total. The molecule has 1 amide bonds. The zero-order valence-electron chi connectivity index (χ0n) is 17.5. The van der Waals surface area contributed by atoms with E-state index in [4.69, 9.17) is 9.16 Å². The molecule has 1 aliphatic heterocycles. The lowest BCUT2D eigenvalue weighted by atomic mass is 9.74. The van der Waals surface area contributed by atoms with Gasteiger partial charge in [-0.1, -0.05) is 20.8 Å². The van der Waals surface area contributed by atoms with Gasteiger partial charge in [0.05, 0.1) is 5.60 Å². The van der Waals surface area contributed by atoms with E-state index >= 15 is 0 Å². The van der Waals surface area contributed by atoms with Gasteiger partial charge in [0.2, 0.25) is 0 Å². The lowest BCUT2D eigenvalue weighted by Crippen LogP contribution is -2.52. The first kappa shape index (κ1) is 22.4. The SMILES string of the molecule is CC(C)(C)OC(=O)N1CC[C@H](C(C)(C)O[SiH2]C(C)(C)C)[C@@H](CCO)C1. The fourth-order valence-corrected chi connectivity index (χ4v) is 4.43. The van der Waals surface area contributed by atoms with Gasteiger partial charge >= 0.3 is 6.09 Å². The van der Waals surface area contributed by atoms with Crippen LogP contribution in [0.1, 0.15) is 68.2 Å². The van der Waals surface area contributed by atoms with Crippen molar-refractivity contribution in [3.8, 4) is 0 Å². The standard InChI is InChI=1S/C19H39NO4Si/c1-17(2,3)23-16(22)20-11-9-15(14(13-20)10-12-21)19(7,8)24-25-18(4,5)6/h14-15,21H,9-13,25H2,1-8H3/t14-,15-/m0/s1. The maximum atomic E-state index is 12.4. The summed E-state index contributed by atoms with van der Waals surface area (Å²) in [6.45, 7) is 18.1. The highest BCUT2D eigenvalue weighted by atomic mass is 28.2. The molecule has 1 heterocycles. The predicted molar refractivity (Wildman–Crippen MR) is 105 cm³/mol. The number of hydrogen-bond donors (Lipinski definition) is 1. The van der Waals surface area contributed by atoms with E-state index in [9.17, 15) is 9.90 Å². The molecule has 0 unspecified atom stereocenters. The van der Waals surface area contributed by atoms with Gasteiger partial charge in [0.25, 0.3) is 0 Å². The van der Waals surface area contributed by atoms with E-state index in [1.165, 1.54) is 0 Å². The quantitative estimate of drug-likeness (QED) is 0.751. The Morgan fingerprint density at radius 2 is 1.76 bits per heavy atom. The van der Waals surface area contributed by atoms with E-state index in [-0.39, 0.29) is 29.3 Å². The summed E-state index contributed by atoms with van der Waals surface area (Å²) >= 11 is 0. The lowest BCUT2D eigenvalue weighted by Gasteiger charge is -2.46. The molecule has 1 saturated heterocycles. The van der Waals surface area contributed by atoms with Gasteiger partial charge in [-0.3, -0.25) is 0 Å². The molecule has 0 aromatic carbocycles. The average Bonchev–Trinajstić information content (AvgIpc) is 2.43. The van der Waals surface area contributed by atoms with Gasteiger partial charge in [-0.15, -0.1) is 0 Å². The van der Waals surface area contributed by atoms with Crippen molar-refractivity contribution in [1.82, 2.24) is 4.90 Å². The molecule has 5 nitrogen and oxygen atoms in total. The second kappa shape index (κ2) is 8.40. The van der Waals surface area contributed by atoms with Crippen molar-refractivity contribution >= 4 is 15.9 Å². The number of aliphatic hydroxyl groups excluding tert-OH is 1. The normalized spacial score (nSPS) is 23.3. The van der Waals surface area contributed by atoms with E-state index in [0.717, 1.165) is 6.42 Å². The third-order valence-electron chi connectivity index (χ3n) is 4.66. The highest BCUT2D eigenvalue weighted by Crippen LogP contribution is 2.38. The molecule has 0 radical (unpaired) electrons. The van der Waals surface area contributed by atoms with Crippen LogP contribution in [-0.4, -0.2) is 56.8 Å². The molecule has 148 valence electrons. The van der Waals surface area contributed by atoms with Crippen LogP contribution in [0.3, 0.4) is 0 Å². The minimum atomic E-state index is -0.656. The number of piperidine rings is 1. The van der Waals surface area contributed by atoms with Gasteiger partial charge in [0, 0.05) is 19.7 Å². The Morgan fingerprint density at radius 3 is 2.24 bits per heavy atom. The topological polar surface area (TPSA) is 59.0 Å². The van der Waals surface area contributed by atoms with Crippen molar-refractivity contribution in [2.24, 2.45) is 11.8 Å². The number of likely N-dealkylation sites (tertiary alicyclic amines) is 1. The maximum Gasteiger partial charge on any atom is 0.410 e. The summed E-state index contributed by atoms with van der Waals surface area (Å²) in [7, 11) is -0.656. The van der Waals surface area contributed by atoms with Crippen LogP contribution in [0.4, 0.5) is 4.79 Å². The van der Waals surface area contributed by atoms with Crippen LogP contribution in [0.25, 0.3) is 0 Å². The summed E-state index contributed by atoms with van der Waals surface area (Å²) in [4.78, 5) is 14.2. The number of carbonyl (C=O) groups is 1. The second-order valence-electron chi connectivity index (χ2n) is 10.0. The number of hydrogen-bond acceptors (Lipinski definition) is 4. The van der Waals surface area contributed by atoms with Crippen LogP contribution in [0.15, 0.2) is 0 Å². The Bertz CT molecular complexity index is 440. The number of ether oxygens (including phenoxy) is 1. The van der Waals surface area contributed by atoms with Gasteiger partial charge in [0.15, 0.2) is 9.76 Å². The summed E-state index contributed by atoms with van der Waals surface area (Å²) in [6.07, 6.45) is 1.32. The molecule has 1 rings (SSSR count). The molecule has 1 aliphatic rings. The summed E-state index contributed by atoms with van der Waals surface area (Å²) in [6, 6.07) is 0. The molecular formula is C19H39NO4Si. The molecule has 1 fully saturated rings. The van der Waals surface area contributed by atoms with Crippen molar-refractivity contribution in [1.29, 1.82) is 0 Å². The first-order chi connectivity index (χ1) is 11.2. The Kier molecular flexibility index (Phi) is 7.54. The first-order valence-electron chi connectivity index (χ1n) is 9.48. The zero-order chi connectivity index (χ0) is 19.5. The fourth-order valence-electron chi connectivity index (χ4n) is 3.41. The number of nitrogens with zero attached hydrogens (tertiary/aromatic N) is 1. The van der Waals surface area contributed by atoms with Crippen LogP contribution in [0.2, 0.25) is 5.04 Å². The second-order valence-corrected chi connectivity index (χ2v) is 12.7. The molecule has 6 heteroatoms. The van der Waals surface area contributed by atoms with E-state index < -0.39 is 15.4 Å². The van der Waals surface area contributed by atoms with Gasteiger partial charge in [-0.05, 0) is 64.3 Å².